The fraction of sp³-hybridized carbons (Fsp3) is 0.222. The predicted molar refractivity (Wildman–Crippen MR) is 53.6 cm³/mol. The van der Waals surface area contributed by atoms with Gasteiger partial charge in [-0.2, -0.15) is 13.2 Å². The highest BCUT2D eigenvalue weighted by molar-refractivity contribution is 9.10. The number of halogens is 4. The van der Waals surface area contributed by atoms with Gasteiger partial charge < -0.3 is 5.73 Å². The molecule has 1 aromatic rings. The summed E-state index contributed by atoms with van der Waals surface area (Å²) in [5.41, 5.74) is 4.02. The van der Waals surface area contributed by atoms with Crippen molar-refractivity contribution in [2.24, 2.45) is 0 Å². The van der Waals surface area contributed by atoms with Gasteiger partial charge in [0.25, 0.3) is 0 Å². The zero-order valence-electron chi connectivity index (χ0n) is 7.65. The number of carbonyl (C=O) groups excluding carboxylic acids is 1. The van der Waals surface area contributed by atoms with Gasteiger partial charge >= 0.3 is 6.18 Å². The van der Waals surface area contributed by atoms with E-state index in [0.717, 1.165) is 12.1 Å². The summed E-state index contributed by atoms with van der Waals surface area (Å²) in [6.07, 6.45) is -4.51. The maximum Gasteiger partial charge on any atom is 0.418 e. The van der Waals surface area contributed by atoms with E-state index >= 15 is 0 Å². The summed E-state index contributed by atoms with van der Waals surface area (Å²) in [6.45, 7) is 1.26. The normalized spacial score (nSPS) is 11.5. The average molecular weight is 282 g/mol. The second kappa shape index (κ2) is 3.84. The van der Waals surface area contributed by atoms with Gasteiger partial charge in [0.1, 0.15) is 0 Å². The highest BCUT2D eigenvalue weighted by Gasteiger charge is 2.34. The number of nitrogen functional groups attached to an aromatic ring is 1. The monoisotopic (exact) mass is 281 g/mol. The molecule has 0 unspecified atom stereocenters. The summed E-state index contributed by atoms with van der Waals surface area (Å²) >= 11 is 2.88. The van der Waals surface area contributed by atoms with Gasteiger partial charge in [-0.15, -0.1) is 0 Å². The molecule has 0 aliphatic rings. The first kappa shape index (κ1) is 12.0. The molecule has 0 heterocycles. The molecular formula is C9H7BrF3NO. The number of carbonyl (C=O) groups is 1. The minimum Gasteiger partial charge on any atom is -0.397 e. The van der Waals surface area contributed by atoms with Gasteiger partial charge in [-0.05, 0) is 35.0 Å². The molecule has 0 aromatic heterocycles. The van der Waals surface area contributed by atoms with Crippen molar-refractivity contribution in [3.05, 3.63) is 27.7 Å². The molecule has 82 valence electrons. The largest absolute Gasteiger partial charge is 0.418 e. The van der Waals surface area contributed by atoms with Gasteiger partial charge in [-0.3, -0.25) is 4.79 Å². The van der Waals surface area contributed by atoms with E-state index in [1.807, 2.05) is 0 Å². The Labute approximate surface area is 92.4 Å². The van der Waals surface area contributed by atoms with Crippen LogP contribution in [0.4, 0.5) is 18.9 Å². The second-order valence-corrected chi connectivity index (χ2v) is 3.74. The molecule has 0 saturated heterocycles. The van der Waals surface area contributed by atoms with Crippen molar-refractivity contribution in [2.45, 2.75) is 13.1 Å². The van der Waals surface area contributed by atoms with Crippen LogP contribution in [-0.4, -0.2) is 5.78 Å². The van der Waals surface area contributed by atoms with Crippen molar-refractivity contribution in [2.75, 3.05) is 5.73 Å². The molecule has 2 nitrogen and oxygen atoms in total. The van der Waals surface area contributed by atoms with Crippen LogP contribution in [0.5, 0.6) is 0 Å². The van der Waals surface area contributed by atoms with E-state index in [4.69, 9.17) is 5.73 Å². The van der Waals surface area contributed by atoms with Crippen LogP contribution in [0, 0.1) is 0 Å². The van der Waals surface area contributed by atoms with Gasteiger partial charge in [0.15, 0.2) is 5.78 Å². The maximum absolute atomic E-state index is 12.4. The Bertz CT molecular complexity index is 415. The minimum absolute atomic E-state index is 0.00942. The lowest BCUT2D eigenvalue weighted by atomic mass is 10.1. The maximum atomic E-state index is 12.4. The molecule has 1 aromatic carbocycles. The lowest BCUT2D eigenvalue weighted by molar-refractivity contribution is -0.136. The van der Waals surface area contributed by atoms with Crippen LogP contribution >= 0.6 is 15.9 Å². The highest BCUT2D eigenvalue weighted by Crippen LogP contribution is 2.38. The minimum atomic E-state index is -4.51. The first-order valence-corrected chi connectivity index (χ1v) is 4.70. The van der Waals surface area contributed by atoms with E-state index in [-0.39, 0.29) is 15.8 Å². The van der Waals surface area contributed by atoms with Crippen molar-refractivity contribution < 1.29 is 18.0 Å². The van der Waals surface area contributed by atoms with E-state index in [1.165, 1.54) is 6.92 Å². The number of Topliss-reactive ketones (excluding diaryl/α,β-unsaturated/α-hetero) is 1. The first-order chi connectivity index (χ1) is 6.75. The number of alkyl halides is 3. The Kier molecular flexibility index (Phi) is 3.08. The molecule has 0 aliphatic carbocycles. The standard InChI is InChI=1S/C9H7BrF3NO/c1-4(15)5-2-3-6(9(11,12)13)8(14)7(5)10/h2-3H,14H2,1H3. The molecule has 15 heavy (non-hydrogen) atoms. The molecule has 0 atom stereocenters. The second-order valence-electron chi connectivity index (χ2n) is 2.94. The first-order valence-electron chi connectivity index (χ1n) is 3.91. The summed E-state index contributed by atoms with van der Waals surface area (Å²) in [4.78, 5) is 11.0. The predicted octanol–water partition coefficient (Wildman–Crippen LogP) is 3.25. The van der Waals surface area contributed by atoms with Gasteiger partial charge in [0.05, 0.1) is 15.7 Å². The zero-order chi connectivity index (χ0) is 11.8. The molecule has 0 amide bonds. The smallest absolute Gasteiger partial charge is 0.397 e. The lowest BCUT2D eigenvalue weighted by Gasteiger charge is -2.12. The molecule has 0 fully saturated rings. The van der Waals surface area contributed by atoms with Crippen LogP contribution in [0.1, 0.15) is 22.8 Å². The molecular weight excluding hydrogens is 275 g/mol. The van der Waals surface area contributed by atoms with Crippen LogP contribution in [0.25, 0.3) is 0 Å². The van der Waals surface area contributed by atoms with Gasteiger partial charge in [0.2, 0.25) is 0 Å². The number of benzene rings is 1. The summed E-state index contributed by atoms with van der Waals surface area (Å²) in [6, 6.07) is 1.91. The number of nitrogens with two attached hydrogens (primary N) is 1. The number of ketones is 1. The van der Waals surface area contributed by atoms with Crippen molar-refractivity contribution in [1.82, 2.24) is 0 Å². The Morgan fingerprint density at radius 2 is 1.93 bits per heavy atom. The molecule has 0 bridgehead atoms. The Morgan fingerprint density at radius 1 is 1.40 bits per heavy atom. The molecule has 1 rings (SSSR count). The van der Waals surface area contributed by atoms with Crippen LogP contribution in [0.2, 0.25) is 0 Å². The summed E-state index contributed by atoms with van der Waals surface area (Å²) < 4.78 is 37.1. The van der Waals surface area contributed by atoms with E-state index in [0.29, 0.717) is 0 Å². The number of rotatable bonds is 1. The zero-order valence-corrected chi connectivity index (χ0v) is 9.24. The van der Waals surface area contributed by atoms with Crippen LogP contribution in [0.15, 0.2) is 16.6 Å². The van der Waals surface area contributed by atoms with Gasteiger partial charge in [-0.25, -0.2) is 0 Å². The third kappa shape index (κ3) is 2.31. The fourth-order valence-corrected chi connectivity index (χ4v) is 1.74. The van der Waals surface area contributed by atoms with E-state index in [1.54, 1.807) is 0 Å². The van der Waals surface area contributed by atoms with Crippen molar-refractivity contribution in [1.29, 1.82) is 0 Å². The summed E-state index contributed by atoms with van der Waals surface area (Å²) in [7, 11) is 0. The van der Waals surface area contributed by atoms with Crippen LogP contribution < -0.4 is 5.73 Å². The van der Waals surface area contributed by atoms with Crippen molar-refractivity contribution in [3.63, 3.8) is 0 Å². The van der Waals surface area contributed by atoms with Crippen molar-refractivity contribution >= 4 is 27.4 Å². The van der Waals surface area contributed by atoms with E-state index in [2.05, 4.69) is 15.9 Å². The molecule has 0 saturated carbocycles. The number of hydrogen-bond donors (Lipinski definition) is 1. The Morgan fingerprint density at radius 3 is 2.33 bits per heavy atom. The average Bonchev–Trinajstić information content (AvgIpc) is 2.06. The lowest BCUT2D eigenvalue weighted by Crippen LogP contribution is -2.11. The summed E-state index contributed by atoms with van der Waals surface area (Å²) in [5, 5.41) is 0. The summed E-state index contributed by atoms with van der Waals surface area (Å²) in [5.74, 6) is -0.345. The Hall–Kier alpha value is -1.04. The quantitative estimate of drug-likeness (QED) is 0.634. The molecule has 0 radical (unpaired) electrons. The third-order valence-electron chi connectivity index (χ3n) is 1.86. The SMILES string of the molecule is CC(=O)c1ccc(C(F)(F)F)c(N)c1Br. The highest BCUT2D eigenvalue weighted by atomic mass is 79.9. The third-order valence-corrected chi connectivity index (χ3v) is 2.72. The van der Waals surface area contributed by atoms with E-state index in [9.17, 15) is 18.0 Å². The van der Waals surface area contributed by atoms with Gasteiger partial charge in [0, 0.05) is 5.56 Å². The molecule has 6 heteroatoms. The van der Waals surface area contributed by atoms with E-state index < -0.39 is 17.4 Å². The molecule has 0 spiro atoms. The fourth-order valence-electron chi connectivity index (χ4n) is 1.11. The van der Waals surface area contributed by atoms with Crippen LogP contribution in [0.3, 0.4) is 0 Å². The van der Waals surface area contributed by atoms with Crippen LogP contribution in [-0.2, 0) is 6.18 Å². The number of hydrogen-bond acceptors (Lipinski definition) is 2. The Balaban J connectivity index is 3.41. The number of anilines is 1. The topological polar surface area (TPSA) is 43.1 Å². The van der Waals surface area contributed by atoms with Gasteiger partial charge in [-0.1, -0.05) is 0 Å². The molecule has 0 aliphatic heterocycles. The molecule has 2 N–H and O–H groups in total. The van der Waals surface area contributed by atoms with Crippen molar-refractivity contribution in [3.8, 4) is 0 Å².